The van der Waals surface area contributed by atoms with Crippen LogP contribution in [0.5, 0.6) is 0 Å². The maximum atomic E-state index is 13.4. The minimum absolute atomic E-state index is 0.0117. The normalized spacial score (nSPS) is 20.6. The van der Waals surface area contributed by atoms with Gasteiger partial charge in [-0.3, -0.25) is 9.59 Å². The second-order valence-electron chi connectivity index (χ2n) is 8.87. The van der Waals surface area contributed by atoms with E-state index < -0.39 is 27.7 Å². The van der Waals surface area contributed by atoms with Crippen molar-refractivity contribution in [2.24, 2.45) is 5.73 Å². The molecule has 3 N–H and O–H groups in total. The zero-order chi connectivity index (χ0) is 23.3. The smallest absolute Gasteiger partial charge is 0.253 e. The molecule has 33 heavy (non-hydrogen) atoms. The number of benzene rings is 1. The molecule has 0 unspecified atom stereocenters. The van der Waals surface area contributed by atoms with E-state index in [0.29, 0.717) is 34.3 Å². The molecule has 1 saturated carbocycles. The molecule has 3 heterocycles. The molecule has 2 fully saturated rings. The van der Waals surface area contributed by atoms with E-state index >= 15 is 0 Å². The fourth-order valence-corrected chi connectivity index (χ4v) is 6.19. The molecular weight excluding hydrogens is 442 g/mol. The maximum Gasteiger partial charge on any atom is 0.253 e. The summed E-state index contributed by atoms with van der Waals surface area (Å²) in [4.78, 5) is 30.4. The number of amides is 2. The quantitative estimate of drug-likeness (QED) is 0.568. The summed E-state index contributed by atoms with van der Waals surface area (Å²) in [5.41, 5.74) is 8.44. The van der Waals surface area contributed by atoms with Crippen molar-refractivity contribution >= 4 is 32.7 Å². The Morgan fingerprint density at radius 1 is 1.18 bits per heavy atom. The number of hydrogen-bond acceptors (Lipinski definition) is 6. The first-order valence-corrected chi connectivity index (χ1v) is 12.8. The molecular formula is C23H25N5O4S. The largest absolute Gasteiger partial charge is 0.368 e. The maximum absolute atomic E-state index is 13.4. The van der Waals surface area contributed by atoms with Gasteiger partial charge < -0.3 is 11.1 Å². The van der Waals surface area contributed by atoms with Crippen LogP contribution in [0.2, 0.25) is 0 Å². The lowest BCUT2D eigenvalue weighted by Gasteiger charge is -2.17. The molecule has 172 valence electrons. The number of nitrogens with two attached hydrogens (primary N) is 1. The molecule has 0 bridgehead atoms. The molecule has 2 aliphatic rings. The molecule has 0 radical (unpaired) electrons. The van der Waals surface area contributed by atoms with Gasteiger partial charge in [0.1, 0.15) is 6.04 Å². The summed E-state index contributed by atoms with van der Waals surface area (Å²) in [5, 5.41) is 7.93. The van der Waals surface area contributed by atoms with Gasteiger partial charge in [-0.15, -0.1) is 0 Å². The molecule has 1 aliphatic heterocycles. The predicted octanol–water partition coefficient (Wildman–Crippen LogP) is 1.93. The minimum Gasteiger partial charge on any atom is -0.368 e. The summed E-state index contributed by atoms with van der Waals surface area (Å²) in [6.45, 7) is 1.78. The lowest BCUT2D eigenvalue weighted by molar-refractivity contribution is -0.120. The zero-order valence-corrected chi connectivity index (χ0v) is 19.0. The molecule has 0 spiro atoms. The monoisotopic (exact) mass is 467 g/mol. The summed E-state index contributed by atoms with van der Waals surface area (Å²) >= 11 is 0. The first-order valence-electron chi connectivity index (χ1n) is 11.0. The van der Waals surface area contributed by atoms with E-state index in [0.717, 1.165) is 18.5 Å². The van der Waals surface area contributed by atoms with Crippen LogP contribution in [-0.2, 0) is 14.6 Å². The lowest BCUT2D eigenvalue weighted by atomic mass is 10.0. The number of aryl methyl sites for hydroxylation is 1. The van der Waals surface area contributed by atoms with Crippen LogP contribution >= 0.6 is 0 Å². The third-order valence-corrected chi connectivity index (χ3v) is 8.09. The van der Waals surface area contributed by atoms with E-state index in [-0.39, 0.29) is 23.5 Å². The van der Waals surface area contributed by atoms with Gasteiger partial charge in [0.15, 0.2) is 15.5 Å². The van der Waals surface area contributed by atoms with Gasteiger partial charge in [-0.05, 0) is 37.8 Å². The molecule has 2 atom stereocenters. The number of carbonyl (C=O) groups excluding carboxylic acids is 2. The number of pyridine rings is 1. The number of primary amides is 1. The van der Waals surface area contributed by atoms with E-state index in [1.165, 1.54) is 0 Å². The van der Waals surface area contributed by atoms with Crippen LogP contribution in [0.4, 0.5) is 0 Å². The fraction of sp³-hybridized carbons (Fsp3) is 0.391. The molecule has 3 aromatic rings. The average molecular weight is 468 g/mol. The summed E-state index contributed by atoms with van der Waals surface area (Å²) in [6.07, 6.45) is 2.43. The highest BCUT2D eigenvalue weighted by molar-refractivity contribution is 7.91. The highest BCUT2D eigenvalue weighted by Crippen LogP contribution is 2.41. The van der Waals surface area contributed by atoms with Crippen LogP contribution in [0.25, 0.3) is 11.0 Å². The Labute approximate surface area is 191 Å². The van der Waals surface area contributed by atoms with E-state index in [1.54, 1.807) is 41.9 Å². The molecule has 2 aromatic heterocycles. The van der Waals surface area contributed by atoms with Crippen LogP contribution in [0.1, 0.15) is 64.6 Å². The number of sulfone groups is 1. The molecule has 2 amide bonds. The lowest BCUT2D eigenvalue weighted by Crippen LogP contribution is -2.37. The second-order valence-corrected chi connectivity index (χ2v) is 11.1. The number of carbonyl (C=O) groups is 2. The molecule has 1 aliphatic carbocycles. The molecule has 1 aromatic carbocycles. The van der Waals surface area contributed by atoms with Gasteiger partial charge in [0, 0.05) is 11.6 Å². The van der Waals surface area contributed by atoms with E-state index in [9.17, 15) is 18.0 Å². The predicted molar refractivity (Wildman–Crippen MR) is 122 cm³/mol. The van der Waals surface area contributed by atoms with Crippen molar-refractivity contribution in [3.05, 3.63) is 58.9 Å². The van der Waals surface area contributed by atoms with Crippen molar-refractivity contribution in [2.45, 2.75) is 44.2 Å². The molecule has 5 rings (SSSR count). The van der Waals surface area contributed by atoms with Gasteiger partial charge in [-0.1, -0.05) is 30.3 Å². The Balaban J connectivity index is 1.59. The van der Waals surface area contributed by atoms with Crippen molar-refractivity contribution < 1.29 is 18.0 Å². The number of aromatic nitrogens is 3. The molecule has 1 saturated heterocycles. The Hall–Kier alpha value is -3.27. The van der Waals surface area contributed by atoms with Crippen LogP contribution in [0, 0.1) is 6.92 Å². The highest BCUT2D eigenvalue weighted by Gasteiger charge is 2.34. The summed E-state index contributed by atoms with van der Waals surface area (Å²) in [7, 11) is -3.12. The van der Waals surface area contributed by atoms with E-state index in [2.05, 4.69) is 10.4 Å². The van der Waals surface area contributed by atoms with Gasteiger partial charge >= 0.3 is 0 Å². The topological polar surface area (TPSA) is 137 Å². The van der Waals surface area contributed by atoms with Gasteiger partial charge in [0.05, 0.1) is 34.2 Å². The van der Waals surface area contributed by atoms with Gasteiger partial charge in [-0.2, -0.15) is 5.10 Å². The van der Waals surface area contributed by atoms with E-state index in [1.807, 2.05) is 6.07 Å². The Morgan fingerprint density at radius 2 is 1.91 bits per heavy atom. The standard InChI is InChI=1S/C23H25N5O4S/c1-13-19-17(23(30)26-20(21(24)29)15-5-3-2-4-6-15)11-18(14-7-8-14)25-22(19)28(27-13)16-9-10-33(31,32)12-16/h2-6,11,14,16,20H,7-10,12H2,1H3,(H2,24,29)(H,26,30)/t16-,20+/m0/s1. The first kappa shape index (κ1) is 21.6. The van der Waals surface area contributed by atoms with Gasteiger partial charge in [0.2, 0.25) is 5.91 Å². The van der Waals surface area contributed by atoms with Crippen LogP contribution in [0.3, 0.4) is 0 Å². The third kappa shape index (κ3) is 4.10. The van der Waals surface area contributed by atoms with Crippen LogP contribution < -0.4 is 11.1 Å². The van der Waals surface area contributed by atoms with Gasteiger partial charge in [-0.25, -0.2) is 18.1 Å². The average Bonchev–Trinajstić information content (AvgIpc) is 3.50. The second kappa shape index (κ2) is 7.95. The zero-order valence-electron chi connectivity index (χ0n) is 18.2. The first-order chi connectivity index (χ1) is 15.7. The van der Waals surface area contributed by atoms with E-state index in [4.69, 9.17) is 10.7 Å². The number of nitrogens with zero attached hydrogens (tertiary/aromatic N) is 3. The van der Waals surface area contributed by atoms with Crippen molar-refractivity contribution in [3.8, 4) is 0 Å². The van der Waals surface area contributed by atoms with Crippen molar-refractivity contribution in [2.75, 3.05) is 11.5 Å². The van der Waals surface area contributed by atoms with Crippen molar-refractivity contribution in [3.63, 3.8) is 0 Å². The van der Waals surface area contributed by atoms with Crippen molar-refractivity contribution in [1.29, 1.82) is 0 Å². The SMILES string of the molecule is Cc1nn([C@H]2CCS(=O)(=O)C2)c2nc(C3CC3)cc(C(=O)N[C@@H](C(N)=O)c3ccccc3)c12. The number of nitrogens with one attached hydrogen (secondary N) is 1. The summed E-state index contributed by atoms with van der Waals surface area (Å²) in [6, 6.07) is 9.30. The minimum atomic E-state index is -3.12. The van der Waals surface area contributed by atoms with Gasteiger partial charge in [0.25, 0.3) is 5.91 Å². The number of rotatable bonds is 6. The molecule has 10 heteroatoms. The Bertz CT molecular complexity index is 1360. The number of hydrogen-bond donors (Lipinski definition) is 2. The van der Waals surface area contributed by atoms with Crippen LogP contribution in [0.15, 0.2) is 36.4 Å². The summed E-state index contributed by atoms with van der Waals surface area (Å²) < 4.78 is 25.8. The van der Waals surface area contributed by atoms with Crippen molar-refractivity contribution in [1.82, 2.24) is 20.1 Å². The Morgan fingerprint density at radius 3 is 2.52 bits per heavy atom. The Kier molecular flexibility index (Phi) is 5.19. The molecule has 9 nitrogen and oxygen atoms in total. The highest BCUT2D eigenvalue weighted by atomic mass is 32.2. The van der Waals surface area contributed by atoms with Crippen LogP contribution in [-0.4, -0.2) is 46.5 Å². The number of fused-ring (bicyclic) bond motifs is 1. The third-order valence-electron chi connectivity index (χ3n) is 6.34. The summed E-state index contributed by atoms with van der Waals surface area (Å²) in [5.74, 6) is -0.717. The fourth-order valence-electron chi connectivity index (χ4n) is 4.50.